The highest BCUT2D eigenvalue weighted by atomic mass is 16.2. The standard InChI is InChI=1S/C24H26N2O3/c1-3-16-6-4-5-7-21(16)25-22(27)17-9-11-18(12-10-17)26-23(28)19-13-8-15(2)14-20(19)24(26)29/h4-7,9-12,15,19-20H,3,8,13-14H2,1-2H3,(H,25,27)/t15-,19-,20-/m1/s1. The summed E-state index contributed by atoms with van der Waals surface area (Å²) in [5, 5.41) is 2.94. The molecule has 2 aliphatic rings. The summed E-state index contributed by atoms with van der Waals surface area (Å²) in [6.45, 7) is 4.18. The van der Waals surface area contributed by atoms with Crippen LogP contribution >= 0.6 is 0 Å². The van der Waals surface area contributed by atoms with Crippen molar-refractivity contribution in [1.29, 1.82) is 0 Å². The highest BCUT2D eigenvalue weighted by Crippen LogP contribution is 2.42. The molecule has 1 saturated carbocycles. The fraction of sp³-hybridized carbons (Fsp3) is 0.375. The van der Waals surface area contributed by atoms with E-state index < -0.39 is 0 Å². The predicted octanol–water partition coefficient (Wildman–Crippen LogP) is 4.43. The van der Waals surface area contributed by atoms with Gasteiger partial charge >= 0.3 is 0 Å². The second-order valence-electron chi connectivity index (χ2n) is 8.15. The predicted molar refractivity (Wildman–Crippen MR) is 113 cm³/mol. The van der Waals surface area contributed by atoms with Crippen LogP contribution in [-0.2, 0) is 16.0 Å². The summed E-state index contributed by atoms with van der Waals surface area (Å²) in [6, 6.07) is 14.4. The van der Waals surface area contributed by atoms with Gasteiger partial charge in [-0.1, -0.05) is 32.0 Å². The highest BCUT2D eigenvalue weighted by Gasteiger charge is 2.49. The second-order valence-corrected chi connectivity index (χ2v) is 8.15. The van der Waals surface area contributed by atoms with Crippen molar-refractivity contribution in [3.8, 4) is 0 Å². The summed E-state index contributed by atoms with van der Waals surface area (Å²) in [7, 11) is 0. The van der Waals surface area contributed by atoms with Gasteiger partial charge in [0.1, 0.15) is 0 Å². The maximum atomic E-state index is 12.9. The van der Waals surface area contributed by atoms with Crippen LogP contribution in [0.15, 0.2) is 48.5 Å². The van der Waals surface area contributed by atoms with Gasteiger partial charge in [-0.05, 0) is 67.5 Å². The van der Waals surface area contributed by atoms with Crippen molar-refractivity contribution >= 4 is 29.1 Å². The van der Waals surface area contributed by atoms with Crippen LogP contribution in [0.5, 0.6) is 0 Å². The number of nitrogens with one attached hydrogen (secondary N) is 1. The molecule has 1 saturated heterocycles. The summed E-state index contributed by atoms with van der Waals surface area (Å²) < 4.78 is 0. The molecule has 2 aromatic carbocycles. The van der Waals surface area contributed by atoms with Crippen molar-refractivity contribution in [2.75, 3.05) is 10.2 Å². The van der Waals surface area contributed by atoms with E-state index in [0.717, 1.165) is 36.9 Å². The number of carbonyl (C=O) groups excluding carboxylic acids is 3. The number of imide groups is 1. The lowest BCUT2D eigenvalue weighted by Crippen LogP contribution is -2.30. The van der Waals surface area contributed by atoms with Gasteiger partial charge in [0.2, 0.25) is 11.8 Å². The van der Waals surface area contributed by atoms with E-state index in [1.807, 2.05) is 31.2 Å². The number of para-hydroxylation sites is 1. The molecule has 0 spiro atoms. The van der Waals surface area contributed by atoms with E-state index in [1.54, 1.807) is 24.3 Å². The normalized spacial score (nSPS) is 23.8. The number of hydrogen-bond donors (Lipinski definition) is 1. The lowest BCUT2D eigenvalue weighted by molar-refractivity contribution is -0.122. The van der Waals surface area contributed by atoms with E-state index in [4.69, 9.17) is 0 Å². The molecule has 0 bridgehead atoms. The Balaban J connectivity index is 1.51. The monoisotopic (exact) mass is 390 g/mol. The van der Waals surface area contributed by atoms with Crippen molar-refractivity contribution in [2.24, 2.45) is 17.8 Å². The molecule has 0 unspecified atom stereocenters. The molecule has 4 rings (SSSR count). The van der Waals surface area contributed by atoms with Gasteiger partial charge in [-0.2, -0.15) is 0 Å². The number of benzene rings is 2. The van der Waals surface area contributed by atoms with Gasteiger partial charge in [0, 0.05) is 11.3 Å². The lowest BCUT2D eigenvalue weighted by Gasteiger charge is -2.25. The van der Waals surface area contributed by atoms with Crippen LogP contribution in [0.1, 0.15) is 49.0 Å². The van der Waals surface area contributed by atoms with Gasteiger partial charge in [0.05, 0.1) is 17.5 Å². The maximum absolute atomic E-state index is 12.9. The van der Waals surface area contributed by atoms with Gasteiger partial charge in [0.15, 0.2) is 0 Å². The van der Waals surface area contributed by atoms with E-state index in [0.29, 0.717) is 17.2 Å². The smallest absolute Gasteiger partial charge is 0.255 e. The molecule has 1 heterocycles. The molecule has 2 aromatic rings. The first-order chi connectivity index (χ1) is 14.0. The molecule has 1 N–H and O–H groups in total. The number of aryl methyl sites for hydroxylation is 1. The highest BCUT2D eigenvalue weighted by molar-refractivity contribution is 6.22. The Morgan fingerprint density at radius 1 is 1.00 bits per heavy atom. The molecular formula is C24H26N2O3. The fourth-order valence-electron chi connectivity index (χ4n) is 4.55. The van der Waals surface area contributed by atoms with Crippen molar-refractivity contribution in [3.05, 3.63) is 59.7 Å². The average molecular weight is 390 g/mol. The summed E-state index contributed by atoms with van der Waals surface area (Å²) in [5.41, 5.74) is 2.91. The Bertz CT molecular complexity index is 951. The topological polar surface area (TPSA) is 66.5 Å². The quantitative estimate of drug-likeness (QED) is 0.786. The van der Waals surface area contributed by atoms with Crippen LogP contribution < -0.4 is 10.2 Å². The van der Waals surface area contributed by atoms with Crippen molar-refractivity contribution in [3.63, 3.8) is 0 Å². The SMILES string of the molecule is CCc1ccccc1NC(=O)c1ccc(N2C(=O)[C@@H]3CC[C@@H](C)C[C@H]3C2=O)cc1. The van der Waals surface area contributed by atoms with Gasteiger partial charge in [-0.3, -0.25) is 19.3 Å². The number of hydrogen-bond acceptors (Lipinski definition) is 3. The molecule has 29 heavy (non-hydrogen) atoms. The van der Waals surface area contributed by atoms with Crippen LogP contribution in [0.3, 0.4) is 0 Å². The Kier molecular flexibility index (Phi) is 5.22. The van der Waals surface area contributed by atoms with Gasteiger partial charge in [-0.15, -0.1) is 0 Å². The molecule has 3 atom stereocenters. The van der Waals surface area contributed by atoms with Crippen LogP contribution in [-0.4, -0.2) is 17.7 Å². The number of nitrogens with zero attached hydrogens (tertiary/aromatic N) is 1. The summed E-state index contributed by atoms with van der Waals surface area (Å²) in [4.78, 5) is 39.6. The zero-order chi connectivity index (χ0) is 20.5. The van der Waals surface area contributed by atoms with Crippen LogP contribution in [0.2, 0.25) is 0 Å². The molecule has 0 aromatic heterocycles. The first-order valence-electron chi connectivity index (χ1n) is 10.4. The van der Waals surface area contributed by atoms with E-state index in [9.17, 15) is 14.4 Å². The zero-order valence-electron chi connectivity index (χ0n) is 16.9. The van der Waals surface area contributed by atoms with Gasteiger partial charge < -0.3 is 5.32 Å². The first-order valence-corrected chi connectivity index (χ1v) is 10.4. The average Bonchev–Trinajstić information content (AvgIpc) is 2.98. The minimum absolute atomic E-state index is 0.0963. The van der Waals surface area contributed by atoms with Crippen LogP contribution in [0.25, 0.3) is 0 Å². The molecule has 3 amide bonds. The Morgan fingerprint density at radius 2 is 1.69 bits per heavy atom. The van der Waals surface area contributed by atoms with E-state index >= 15 is 0 Å². The Labute approximate surface area is 171 Å². The maximum Gasteiger partial charge on any atom is 0.255 e. The number of carbonyl (C=O) groups is 3. The largest absolute Gasteiger partial charge is 0.322 e. The third-order valence-corrected chi connectivity index (χ3v) is 6.22. The summed E-state index contributed by atoms with van der Waals surface area (Å²) >= 11 is 0. The molecule has 2 fully saturated rings. The Hall–Kier alpha value is -2.95. The molecule has 1 aliphatic heterocycles. The van der Waals surface area contributed by atoms with Crippen molar-refractivity contribution < 1.29 is 14.4 Å². The number of fused-ring (bicyclic) bond motifs is 1. The van der Waals surface area contributed by atoms with E-state index in [2.05, 4.69) is 12.2 Å². The number of amides is 3. The fourth-order valence-corrected chi connectivity index (χ4v) is 4.55. The molecule has 5 nitrogen and oxygen atoms in total. The third kappa shape index (κ3) is 3.57. The number of anilines is 2. The summed E-state index contributed by atoms with van der Waals surface area (Å²) in [6.07, 6.45) is 3.38. The van der Waals surface area contributed by atoms with E-state index in [1.165, 1.54) is 4.90 Å². The molecule has 5 heteroatoms. The zero-order valence-corrected chi connectivity index (χ0v) is 16.9. The number of rotatable bonds is 4. The molecule has 150 valence electrons. The molecular weight excluding hydrogens is 364 g/mol. The Morgan fingerprint density at radius 3 is 2.41 bits per heavy atom. The van der Waals surface area contributed by atoms with Crippen molar-refractivity contribution in [2.45, 2.75) is 39.5 Å². The van der Waals surface area contributed by atoms with Crippen LogP contribution in [0, 0.1) is 17.8 Å². The third-order valence-electron chi connectivity index (χ3n) is 6.22. The van der Waals surface area contributed by atoms with E-state index in [-0.39, 0.29) is 29.6 Å². The summed E-state index contributed by atoms with van der Waals surface area (Å²) in [5.74, 6) is -0.308. The van der Waals surface area contributed by atoms with Crippen LogP contribution in [0.4, 0.5) is 11.4 Å². The van der Waals surface area contributed by atoms with Gasteiger partial charge in [-0.25, -0.2) is 0 Å². The second kappa shape index (κ2) is 7.82. The minimum Gasteiger partial charge on any atom is -0.322 e. The lowest BCUT2D eigenvalue weighted by atomic mass is 9.76. The first kappa shape index (κ1) is 19.4. The molecule has 0 radical (unpaired) electrons. The molecule has 1 aliphatic carbocycles. The van der Waals surface area contributed by atoms with Gasteiger partial charge in [0.25, 0.3) is 5.91 Å². The minimum atomic E-state index is -0.209. The van der Waals surface area contributed by atoms with Crippen molar-refractivity contribution in [1.82, 2.24) is 0 Å².